The van der Waals surface area contributed by atoms with E-state index >= 15 is 0 Å². The molecule has 1 aromatic carbocycles. The van der Waals surface area contributed by atoms with Crippen LogP contribution in [0.15, 0.2) is 24.4 Å². The second kappa shape index (κ2) is 4.37. The minimum absolute atomic E-state index is 0.0507. The van der Waals surface area contributed by atoms with E-state index < -0.39 is 23.7 Å². The number of aliphatic hydroxyl groups is 1. The van der Waals surface area contributed by atoms with E-state index in [0.717, 1.165) is 6.07 Å². The van der Waals surface area contributed by atoms with Gasteiger partial charge in [-0.15, -0.1) is 5.10 Å². The summed E-state index contributed by atoms with van der Waals surface area (Å²) < 4.78 is 50.5. The van der Waals surface area contributed by atoms with Crippen molar-refractivity contribution in [3.8, 4) is 0 Å². The van der Waals surface area contributed by atoms with Crippen LogP contribution in [0.25, 0.3) is 0 Å². The molecule has 1 aromatic heterocycles. The monoisotopic (exact) mass is 261 g/mol. The zero-order valence-electron chi connectivity index (χ0n) is 8.74. The van der Waals surface area contributed by atoms with E-state index in [2.05, 4.69) is 15.4 Å². The molecule has 0 amide bonds. The van der Waals surface area contributed by atoms with Crippen LogP contribution < -0.4 is 0 Å². The molecule has 0 spiro atoms. The highest BCUT2D eigenvalue weighted by molar-refractivity contribution is 5.31. The number of aromatic nitrogens is 3. The molecule has 2 rings (SSSR count). The lowest BCUT2D eigenvalue weighted by Gasteiger charge is -2.12. The predicted octanol–water partition coefficient (Wildman–Crippen LogP) is 2.04. The number of benzene rings is 1. The Labute approximate surface area is 98.3 Å². The Bertz CT molecular complexity index is 539. The smallest absolute Gasteiger partial charge is 0.382 e. The second-order valence-electron chi connectivity index (χ2n) is 3.54. The number of aliphatic hydroxyl groups excluding tert-OH is 1. The molecule has 4 nitrogen and oxygen atoms in total. The minimum Gasteiger partial charge on any atom is -0.382 e. The Kier molecular flexibility index (Phi) is 3.04. The van der Waals surface area contributed by atoms with E-state index in [0.29, 0.717) is 12.1 Å². The van der Waals surface area contributed by atoms with Gasteiger partial charge in [0, 0.05) is 6.20 Å². The average molecular weight is 261 g/mol. The van der Waals surface area contributed by atoms with Crippen molar-refractivity contribution in [1.82, 2.24) is 15.4 Å². The number of hydrogen-bond donors (Lipinski definition) is 2. The Morgan fingerprint density at radius 2 is 2.00 bits per heavy atom. The van der Waals surface area contributed by atoms with Gasteiger partial charge in [-0.05, 0) is 17.7 Å². The maximum atomic E-state index is 13.0. The van der Waals surface area contributed by atoms with Crippen molar-refractivity contribution in [2.75, 3.05) is 0 Å². The van der Waals surface area contributed by atoms with Crippen LogP contribution in [-0.4, -0.2) is 20.5 Å². The fraction of sp³-hybridized carbons (Fsp3) is 0.200. The summed E-state index contributed by atoms with van der Waals surface area (Å²) in [5, 5.41) is 18.9. The molecule has 96 valence electrons. The Morgan fingerprint density at radius 3 is 2.56 bits per heavy atom. The number of nitrogens with zero attached hydrogens (tertiary/aromatic N) is 2. The molecule has 8 heteroatoms. The first kappa shape index (κ1) is 12.5. The Balaban J connectivity index is 2.42. The molecule has 0 radical (unpaired) electrons. The van der Waals surface area contributed by atoms with Gasteiger partial charge in [0.2, 0.25) is 0 Å². The molecule has 0 aliphatic rings. The third kappa shape index (κ3) is 2.33. The topological polar surface area (TPSA) is 61.8 Å². The molecule has 0 saturated heterocycles. The van der Waals surface area contributed by atoms with Crippen molar-refractivity contribution < 1.29 is 22.7 Å². The zero-order chi connectivity index (χ0) is 13.3. The zero-order valence-corrected chi connectivity index (χ0v) is 8.74. The van der Waals surface area contributed by atoms with Crippen LogP contribution in [0.2, 0.25) is 0 Å². The largest absolute Gasteiger partial charge is 0.419 e. The Hall–Kier alpha value is -1.96. The number of rotatable bonds is 2. The van der Waals surface area contributed by atoms with Crippen LogP contribution in [0.5, 0.6) is 0 Å². The van der Waals surface area contributed by atoms with Gasteiger partial charge in [-0.25, -0.2) is 4.39 Å². The van der Waals surface area contributed by atoms with Gasteiger partial charge >= 0.3 is 6.18 Å². The maximum absolute atomic E-state index is 13.0. The first-order valence-corrected chi connectivity index (χ1v) is 4.80. The summed E-state index contributed by atoms with van der Waals surface area (Å²) in [7, 11) is 0. The van der Waals surface area contributed by atoms with E-state index in [4.69, 9.17) is 0 Å². The van der Waals surface area contributed by atoms with Crippen LogP contribution in [-0.2, 0) is 6.18 Å². The van der Waals surface area contributed by atoms with Gasteiger partial charge in [-0.3, -0.25) is 5.10 Å². The second-order valence-corrected chi connectivity index (χ2v) is 3.54. The number of hydrogen-bond acceptors (Lipinski definition) is 3. The van der Waals surface area contributed by atoms with Crippen molar-refractivity contribution >= 4 is 0 Å². The molecule has 1 atom stereocenters. The predicted molar refractivity (Wildman–Crippen MR) is 51.8 cm³/mol. The summed E-state index contributed by atoms with van der Waals surface area (Å²) in [6, 6.07) is 2.26. The molecule has 1 heterocycles. The van der Waals surface area contributed by atoms with Gasteiger partial charge in [-0.2, -0.15) is 13.2 Å². The third-order valence-electron chi connectivity index (χ3n) is 2.33. The van der Waals surface area contributed by atoms with Crippen molar-refractivity contribution in [2.24, 2.45) is 0 Å². The molecule has 1 unspecified atom stereocenters. The van der Waals surface area contributed by atoms with Crippen molar-refractivity contribution in [3.05, 3.63) is 47.0 Å². The number of alkyl halides is 3. The van der Waals surface area contributed by atoms with E-state index in [1.807, 2.05) is 0 Å². The van der Waals surface area contributed by atoms with Crippen LogP contribution in [0.3, 0.4) is 0 Å². The van der Waals surface area contributed by atoms with Gasteiger partial charge in [0.25, 0.3) is 0 Å². The number of nitrogens with one attached hydrogen (secondary N) is 1. The molecular formula is C10H7F4N3O. The summed E-state index contributed by atoms with van der Waals surface area (Å²) in [6.45, 7) is 0. The molecule has 18 heavy (non-hydrogen) atoms. The highest BCUT2D eigenvalue weighted by Gasteiger charge is 2.34. The summed E-state index contributed by atoms with van der Waals surface area (Å²) >= 11 is 0. The van der Waals surface area contributed by atoms with Gasteiger partial charge < -0.3 is 5.11 Å². The molecule has 0 aliphatic heterocycles. The summed E-state index contributed by atoms with van der Waals surface area (Å²) in [5.41, 5.74) is -1.49. The highest BCUT2D eigenvalue weighted by atomic mass is 19.4. The third-order valence-corrected chi connectivity index (χ3v) is 2.33. The molecule has 0 saturated carbocycles. The molecule has 2 N–H and O–H groups in total. The van der Waals surface area contributed by atoms with Crippen molar-refractivity contribution in [3.63, 3.8) is 0 Å². The number of halogens is 4. The molecular weight excluding hydrogens is 254 g/mol. The molecule has 0 aliphatic carbocycles. The minimum atomic E-state index is -4.82. The average Bonchev–Trinajstić information content (AvgIpc) is 2.80. The lowest BCUT2D eigenvalue weighted by Crippen LogP contribution is -2.10. The first-order valence-electron chi connectivity index (χ1n) is 4.80. The van der Waals surface area contributed by atoms with Gasteiger partial charge in [0.15, 0.2) is 0 Å². The lowest BCUT2D eigenvalue weighted by molar-refractivity contribution is -0.140. The molecule has 0 bridgehead atoms. The quantitative estimate of drug-likeness (QED) is 0.813. The van der Waals surface area contributed by atoms with Crippen molar-refractivity contribution in [2.45, 2.75) is 12.3 Å². The first-order chi connectivity index (χ1) is 8.39. The van der Waals surface area contributed by atoms with Crippen LogP contribution in [0.1, 0.15) is 22.9 Å². The van der Waals surface area contributed by atoms with Crippen molar-refractivity contribution in [1.29, 1.82) is 0 Å². The lowest BCUT2D eigenvalue weighted by atomic mass is 10.0. The van der Waals surface area contributed by atoms with Gasteiger partial charge in [0.05, 0.1) is 5.56 Å². The van der Waals surface area contributed by atoms with E-state index in [1.54, 1.807) is 0 Å². The summed E-state index contributed by atoms with van der Waals surface area (Å²) in [6.07, 6.45) is -4.98. The summed E-state index contributed by atoms with van der Waals surface area (Å²) in [4.78, 5) is 0. The van der Waals surface area contributed by atoms with E-state index in [1.165, 1.54) is 6.20 Å². The standard InChI is InChI=1S/C10H7F4N3O/c11-7-2-1-5(3-6(7)10(12,13)14)9(18)8-4-15-17-16-8/h1-4,9,18H,(H,15,16,17). The van der Waals surface area contributed by atoms with E-state index in [9.17, 15) is 22.7 Å². The summed E-state index contributed by atoms with van der Waals surface area (Å²) in [5.74, 6) is -1.39. The maximum Gasteiger partial charge on any atom is 0.419 e. The number of H-pyrrole nitrogens is 1. The van der Waals surface area contributed by atoms with Gasteiger partial charge in [0.1, 0.15) is 17.6 Å². The molecule has 2 aromatic rings. The fourth-order valence-corrected chi connectivity index (χ4v) is 1.45. The SMILES string of the molecule is OC(c1ccc(F)c(C(F)(F)F)c1)c1c[nH]nn1. The van der Waals surface area contributed by atoms with Crippen LogP contribution in [0.4, 0.5) is 17.6 Å². The fourth-order valence-electron chi connectivity index (χ4n) is 1.45. The Morgan fingerprint density at radius 1 is 1.28 bits per heavy atom. The van der Waals surface area contributed by atoms with Crippen LogP contribution >= 0.6 is 0 Å². The van der Waals surface area contributed by atoms with E-state index in [-0.39, 0.29) is 11.3 Å². The molecule has 0 fully saturated rings. The highest BCUT2D eigenvalue weighted by Crippen LogP contribution is 2.33. The van der Waals surface area contributed by atoms with Gasteiger partial charge in [-0.1, -0.05) is 11.3 Å². The normalized spacial score (nSPS) is 13.6. The van der Waals surface area contributed by atoms with Crippen LogP contribution in [0, 0.1) is 5.82 Å². The number of aromatic amines is 1.